The summed E-state index contributed by atoms with van der Waals surface area (Å²) in [4.78, 5) is 29.3. The van der Waals surface area contributed by atoms with Crippen molar-refractivity contribution in [3.63, 3.8) is 0 Å². The zero-order valence-electron chi connectivity index (χ0n) is 16.3. The third-order valence-electron chi connectivity index (χ3n) is 5.44. The number of carbonyl (C=O) groups is 2. The average Bonchev–Trinajstić information content (AvgIpc) is 2.88. The molecule has 1 fully saturated rings. The maximum absolute atomic E-state index is 13.4. The number of nitrogens with one attached hydrogen (secondary N) is 1. The molecule has 1 aromatic heterocycles. The van der Waals surface area contributed by atoms with Crippen molar-refractivity contribution in [3.05, 3.63) is 51.4 Å². The van der Waals surface area contributed by atoms with Crippen molar-refractivity contribution >= 4 is 28.2 Å². The molecule has 2 heterocycles. The van der Waals surface area contributed by atoms with Crippen LogP contribution in [0.5, 0.6) is 0 Å². The molecule has 0 atom stereocenters. The maximum atomic E-state index is 13.4. The van der Waals surface area contributed by atoms with Crippen LogP contribution in [0.1, 0.15) is 56.0 Å². The smallest absolute Gasteiger partial charge is 0.257 e. The highest BCUT2D eigenvalue weighted by Gasteiger charge is 2.29. The third-order valence-corrected chi connectivity index (χ3v) is 6.65. The molecular weight excluding hydrogens is 372 g/mol. The monoisotopic (exact) mass is 398 g/mol. The van der Waals surface area contributed by atoms with Crippen molar-refractivity contribution < 1.29 is 14.3 Å². The van der Waals surface area contributed by atoms with E-state index in [9.17, 15) is 9.59 Å². The predicted octanol–water partition coefficient (Wildman–Crippen LogP) is 4.05. The minimum absolute atomic E-state index is 0.0299. The van der Waals surface area contributed by atoms with Gasteiger partial charge in [0.25, 0.3) is 11.8 Å². The van der Waals surface area contributed by atoms with E-state index >= 15 is 0 Å². The molecule has 1 aliphatic carbocycles. The van der Waals surface area contributed by atoms with Gasteiger partial charge in [0.1, 0.15) is 5.00 Å². The maximum Gasteiger partial charge on any atom is 0.257 e. The lowest BCUT2D eigenvalue weighted by atomic mass is 10.0. The van der Waals surface area contributed by atoms with E-state index in [1.165, 1.54) is 11.3 Å². The van der Waals surface area contributed by atoms with Crippen LogP contribution in [-0.4, -0.2) is 43.0 Å². The van der Waals surface area contributed by atoms with Crippen LogP contribution in [0.3, 0.4) is 0 Å². The highest BCUT2D eigenvalue weighted by Crippen LogP contribution is 2.38. The molecule has 2 aromatic rings. The van der Waals surface area contributed by atoms with Gasteiger partial charge in [-0.3, -0.25) is 9.59 Å². The number of ether oxygens (including phenoxy) is 1. The first kappa shape index (κ1) is 19.2. The minimum atomic E-state index is -0.156. The van der Waals surface area contributed by atoms with Gasteiger partial charge in [-0.2, -0.15) is 0 Å². The Hall–Kier alpha value is -2.18. The van der Waals surface area contributed by atoms with Gasteiger partial charge in [-0.05, 0) is 50.3 Å². The molecule has 0 bridgehead atoms. The van der Waals surface area contributed by atoms with Crippen LogP contribution in [-0.2, 0) is 17.6 Å². The Kier molecular flexibility index (Phi) is 5.78. The summed E-state index contributed by atoms with van der Waals surface area (Å²) in [6.07, 6.45) is 5.33. The largest absolute Gasteiger partial charge is 0.378 e. The Balaban J connectivity index is 1.67. The first-order valence-corrected chi connectivity index (χ1v) is 10.8. The van der Waals surface area contributed by atoms with Crippen LogP contribution in [0.25, 0.3) is 0 Å². The van der Waals surface area contributed by atoms with Gasteiger partial charge in [-0.15, -0.1) is 11.3 Å². The first-order chi connectivity index (χ1) is 13.6. The number of aryl methyl sites for hydroxylation is 2. The van der Waals surface area contributed by atoms with Gasteiger partial charge < -0.3 is 15.0 Å². The summed E-state index contributed by atoms with van der Waals surface area (Å²) in [5.41, 5.74) is 3.52. The fourth-order valence-electron chi connectivity index (χ4n) is 3.94. The predicted molar refractivity (Wildman–Crippen MR) is 111 cm³/mol. The molecule has 0 unspecified atom stereocenters. The lowest BCUT2D eigenvalue weighted by Crippen LogP contribution is -2.41. The van der Waals surface area contributed by atoms with Crippen molar-refractivity contribution in [2.24, 2.45) is 0 Å². The molecule has 4 rings (SSSR count). The van der Waals surface area contributed by atoms with Crippen LogP contribution in [0, 0.1) is 6.92 Å². The van der Waals surface area contributed by atoms with E-state index in [-0.39, 0.29) is 11.8 Å². The fourth-order valence-corrected chi connectivity index (χ4v) is 5.22. The molecule has 0 spiro atoms. The summed E-state index contributed by atoms with van der Waals surface area (Å²) in [7, 11) is 0. The van der Waals surface area contributed by atoms with E-state index in [4.69, 9.17) is 4.74 Å². The van der Waals surface area contributed by atoms with Gasteiger partial charge in [-0.25, -0.2) is 0 Å². The summed E-state index contributed by atoms with van der Waals surface area (Å²) in [6.45, 7) is 4.33. The van der Waals surface area contributed by atoms with E-state index in [2.05, 4.69) is 5.32 Å². The van der Waals surface area contributed by atoms with Crippen LogP contribution >= 0.6 is 11.3 Å². The number of nitrogens with zero attached hydrogens (tertiary/aromatic N) is 1. The summed E-state index contributed by atoms with van der Waals surface area (Å²) < 4.78 is 5.40. The van der Waals surface area contributed by atoms with Crippen LogP contribution in [0.2, 0.25) is 0 Å². The Labute approximate surface area is 169 Å². The van der Waals surface area contributed by atoms with Crippen molar-refractivity contribution in [1.29, 1.82) is 0 Å². The average molecular weight is 399 g/mol. The molecule has 2 aliphatic rings. The summed E-state index contributed by atoms with van der Waals surface area (Å²) in [5.74, 6) is -0.127. The molecule has 1 aromatic carbocycles. The Morgan fingerprint density at radius 2 is 1.89 bits per heavy atom. The first-order valence-electron chi connectivity index (χ1n) is 10.0. The molecule has 1 aliphatic heterocycles. The summed E-state index contributed by atoms with van der Waals surface area (Å²) in [6, 6.07) is 7.53. The molecule has 1 N–H and O–H groups in total. The number of rotatable bonds is 3. The molecule has 0 radical (unpaired) electrons. The molecule has 2 amide bonds. The number of morpholine rings is 1. The number of carbonyl (C=O) groups excluding carboxylic acids is 2. The van der Waals surface area contributed by atoms with E-state index in [0.717, 1.165) is 36.8 Å². The molecule has 28 heavy (non-hydrogen) atoms. The van der Waals surface area contributed by atoms with Gasteiger partial charge in [0.2, 0.25) is 0 Å². The standard InChI is InChI=1S/C22H26N2O3S/c1-15-6-5-7-16(14-15)20(25)23-21-19(22(26)24-10-12-27-13-11-24)17-8-3-2-4-9-18(17)28-21/h5-7,14H,2-4,8-13H2,1H3,(H,23,25). The van der Waals surface area contributed by atoms with E-state index in [1.54, 1.807) is 11.3 Å². The van der Waals surface area contributed by atoms with E-state index in [0.29, 0.717) is 42.4 Å². The highest BCUT2D eigenvalue weighted by atomic mass is 32.1. The Bertz CT molecular complexity index is 884. The van der Waals surface area contributed by atoms with Crippen LogP contribution in [0.15, 0.2) is 24.3 Å². The number of fused-ring (bicyclic) bond motifs is 1. The van der Waals surface area contributed by atoms with Gasteiger partial charge in [-0.1, -0.05) is 24.1 Å². The molecular formula is C22H26N2O3S. The van der Waals surface area contributed by atoms with Gasteiger partial charge in [0.05, 0.1) is 18.8 Å². The number of anilines is 1. The number of amides is 2. The number of hydrogen-bond acceptors (Lipinski definition) is 4. The van der Waals surface area contributed by atoms with Gasteiger partial charge in [0, 0.05) is 23.5 Å². The van der Waals surface area contributed by atoms with Gasteiger partial charge in [0.15, 0.2) is 0 Å². The second-order valence-corrected chi connectivity index (χ2v) is 8.60. The molecule has 6 heteroatoms. The second kappa shape index (κ2) is 8.45. The fraction of sp³-hybridized carbons (Fsp3) is 0.455. The van der Waals surface area contributed by atoms with Crippen molar-refractivity contribution in [3.8, 4) is 0 Å². The SMILES string of the molecule is Cc1cccc(C(=O)Nc2sc3c(c2C(=O)N2CCOCC2)CCCCC3)c1. The lowest BCUT2D eigenvalue weighted by Gasteiger charge is -2.27. The third kappa shape index (κ3) is 3.98. The quantitative estimate of drug-likeness (QED) is 0.794. The lowest BCUT2D eigenvalue weighted by molar-refractivity contribution is 0.0303. The van der Waals surface area contributed by atoms with Crippen LogP contribution in [0.4, 0.5) is 5.00 Å². The molecule has 5 nitrogen and oxygen atoms in total. The zero-order valence-corrected chi connectivity index (χ0v) is 17.1. The molecule has 148 valence electrons. The van der Waals surface area contributed by atoms with Crippen molar-refractivity contribution in [2.75, 3.05) is 31.6 Å². The van der Waals surface area contributed by atoms with Crippen molar-refractivity contribution in [1.82, 2.24) is 4.90 Å². The summed E-state index contributed by atoms with van der Waals surface area (Å²) >= 11 is 1.58. The van der Waals surface area contributed by atoms with Gasteiger partial charge >= 0.3 is 0 Å². The highest BCUT2D eigenvalue weighted by molar-refractivity contribution is 7.17. The van der Waals surface area contributed by atoms with Crippen molar-refractivity contribution in [2.45, 2.75) is 39.0 Å². The number of hydrogen-bond donors (Lipinski definition) is 1. The number of benzene rings is 1. The molecule has 0 saturated carbocycles. The number of thiophene rings is 1. The summed E-state index contributed by atoms with van der Waals surface area (Å²) in [5, 5.41) is 3.76. The molecule has 1 saturated heterocycles. The van der Waals surface area contributed by atoms with Crippen LogP contribution < -0.4 is 5.32 Å². The Morgan fingerprint density at radius 1 is 1.11 bits per heavy atom. The minimum Gasteiger partial charge on any atom is -0.378 e. The normalized spacial score (nSPS) is 17.0. The van der Waals surface area contributed by atoms with E-state index in [1.807, 2.05) is 36.1 Å². The van der Waals surface area contributed by atoms with E-state index < -0.39 is 0 Å². The second-order valence-electron chi connectivity index (χ2n) is 7.50. The Morgan fingerprint density at radius 3 is 2.68 bits per heavy atom. The zero-order chi connectivity index (χ0) is 19.5. The topological polar surface area (TPSA) is 58.6 Å².